The van der Waals surface area contributed by atoms with Gasteiger partial charge in [-0.3, -0.25) is 0 Å². The number of aryl methyl sites for hydroxylation is 1. The van der Waals surface area contributed by atoms with E-state index < -0.39 is 0 Å². The van der Waals surface area contributed by atoms with Crippen molar-refractivity contribution in [3.8, 4) is 0 Å². The van der Waals surface area contributed by atoms with Crippen LogP contribution in [-0.4, -0.2) is 22.6 Å². The molecule has 0 radical (unpaired) electrons. The van der Waals surface area contributed by atoms with Gasteiger partial charge in [-0.25, -0.2) is 4.98 Å². The largest absolute Gasteiger partial charge is 0.367 e. The zero-order valence-corrected chi connectivity index (χ0v) is 11.9. The summed E-state index contributed by atoms with van der Waals surface area (Å²) in [4.78, 5) is 8.89. The van der Waals surface area contributed by atoms with Gasteiger partial charge in [0.2, 0.25) is 5.95 Å². The van der Waals surface area contributed by atoms with E-state index in [1.165, 1.54) is 19.3 Å². The van der Waals surface area contributed by atoms with E-state index in [9.17, 15) is 0 Å². The molecule has 0 saturated heterocycles. The van der Waals surface area contributed by atoms with Crippen LogP contribution < -0.4 is 10.6 Å². The van der Waals surface area contributed by atoms with Crippen LogP contribution >= 0.6 is 0 Å². The van der Waals surface area contributed by atoms with Crippen LogP contribution in [0.3, 0.4) is 0 Å². The van der Waals surface area contributed by atoms with E-state index in [0.29, 0.717) is 11.5 Å². The third kappa shape index (κ3) is 2.92. The van der Waals surface area contributed by atoms with Crippen molar-refractivity contribution in [2.45, 2.75) is 53.0 Å². The van der Waals surface area contributed by atoms with Crippen LogP contribution in [0.25, 0.3) is 0 Å². The van der Waals surface area contributed by atoms with Crippen molar-refractivity contribution in [2.75, 3.05) is 17.2 Å². The lowest BCUT2D eigenvalue weighted by atomic mass is 9.87. The molecule has 0 amide bonds. The molecule has 1 aromatic heterocycles. The van der Waals surface area contributed by atoms with Gasteiger partial charge in [0.05, 0.1) is 0 Å². The first kappa shape index (κ1) is 13.1. The third-order valence-corrected chi connectivity index (χ3v) is 3.77. The highest BCUT2D eigenvalue weighted by Crippen LogP contribution is 2.38. The van der Waals surface area contributed by atoms with Crippen LogP contribution in [0.5, 0.6) is 0 Å². The molecule has 0 aromatic carbocycles. The molecule has 0 spiro atoms. The lowest BCUT2D eigenvalue weighted by Gasteiger charge is -2.28. The Kier molecular flexibility index (Phi) is 3.73. The highest BCUT2D eigenvalue weighted by atomic mass is 15.1. The molecule has 4 nitrogen and oxygen atoms in total. The first-order valence-electron chi connectivity index (χ1n) is 6.87. The van der Waals surface area contributed by atoms with Crippen LogP contribution in [0, 0.1) is 12.3 Å². The van der Waals surface area contributed by atoms with Gasteiger partial charge in [0, 0.05) is 24.3 Å². The maximum Gasteiger partial charge on any atom is 0.224 e. The fourth-order valence-electron chi connectivity index (χ4n) is 2.65. The Balaban J connectivity index is 2.13. The van der Waals surface area contributed by atoms with Crippen LogP contribution in [0.1, 0.15) is 45.7 Å². The minimum atomic E-state index is 0.358. The van der Waals surface area contributed by atoms with Crippen LogP contribution in [0.2, 0.25) is 0 Å². The first-order chi connectivity index (χ1) is 8.51. The van der Waals surface area contributed by atoms with E-state index in [2.05, 4.69) is 41.4 Å². The molecule has 2 rings (SSSR count). The number of hydrogen-bond donors (Lipinski definition) is 2. The van der Waals surface area contributed by atoms with Crippen molar-refractivity contribution >= 4 is 11.8 Å². The molecule has 0 bridgehead atoms. The molecule has 18 heavy (non-hydrogen) atoms. The average molecular weight is 248 g/mol. The highest BCUT2D eigenvalue weighted by molar-refractivity contribution is 5.43. The Morgan fingerprint density at radius 2 is 2.17 bits per heavy atom. The zero-order valence-electron chi connectivity index (χ0n) is 11.9. The molecule has 2 N–H and O–H groups in total. The molecule has 1 aliphatic rings. The third-order valence-electron chi connectivity index (χ3n) is 3.77. The predicted octanol–water partition coefficient (Wildman–Crippen LogP) is 3.21. The van der Waals surface area contributed by atoms with Gasteiger partial charge in [-0.15, -0.1) is 0 Å². The maximum absolute atomic E-state index is 4.52. The Labute approximate surface area is 110 Å². The second-order valence-corrected chi connectivity index (χ2v) is 5.83. The quantitative estimate of drug-likeness (QED) is 0.859. The van der Waals surface area contributed by atoms with Crippen LogP contribution in [-0.2, 0) is 0 Å². The molecular formula is C14H24N4. The summed E-state index contributed by atoms with van der Waals surface area (Å²) in [5.74, 6) is 1.66. The Morgan fingerprint density at radius 1 is 1.39 bits per heavy atom. The number of anilines is 2. The fraction of sp³-hybridized carbons (Fsp3) is 0.714. The van der Waals surface area contributed by atoms with Gasteiger partial charge in [-0.2, -0.15) is 4.98 Å². The lowest BCUT2D eigenvalue weighted by Crippen LogP contribution is -2.31. The molecule has 1 aromatic rings. The molecule has 1 heterocycles. The predicted molar refractivity (Wildman–Crippen MR) is 76.0 cm³/mol. The number of nitrogens with zero attached hydrogens (tertiary/aromatic N) is 2. The van der Waals surface area contributed by atoms with Gasteiger partial charge >= 0.3 is 0 Å². The van der Waals surface area contributed by atoms with E-state index in [1.807, 2.05) is 13.0 Å². The minimum Gasteiger partial charge on any atom is -0.367 e. The molecular weight excluding hydrogens is 224 g/mol. The second-order valence-electron chi connectivity index (χ2n) is 5.83. The number of hydrogen-bond acceptors (Lipinski definition) is 4. The summed E-state index contributed by atoms with van der Waals surface area (Å²) in [6, 6.07) is 2.54. The molecule has 1 saturated carbocycles. The number of nitrogens with one attached hydrogen (secondary N) is 2. The van der Waals surface area contributed by atoms with Gasteiger partial charge < -0.3 is 10.6 Å². The van der Waals surface area contributed by atoms with Crippen molar-refractivity contribution in [1.29, 1.82) is 0 Å². The van der Waals surface area contributed by atoms with E-state index >= 15 is 0 Å². The lowest BCUT2D eigenvalue weighted by molar-refractivity contribution is 0.349. The molecule has 100 valence electrons. The summed E-state index contributed by atoms with van der Waals surface area (Å²) in [5, 5.41) is 6.75. The first-order valence-corrected chi connectivity index (χ1v) is 6.87. The van der Waals surface area contributed by atoms with E-state index in [0.717, 1.165) is 24.0 Å². The summed E-state index contributed by atoms with van der Waals surface area (Å²) < 4.78 is 0. The van der Waals surface area contributed by atoms with Crippen LogP contribution in [0.4, 0.5) is 11.8 Å². The maximum atomic E-state index is 4.52. The molecule has 1 aliphatic carbocycles. The summed E-state index contributed by atoms with van der Waals surface area (Å²) >= 11 is 0. The molecule has 0 aliphatic heterocycles. The smallest absolute Gasteiger partial charge is 0.224 e. The summed E-state index contributed by atoms with van der Waals surface area (Å²) in [6.07, 6.45) is 3.82. The van der Waals surface area contributed by atoms with Gasteiger partial charge in [0.1, 0.15) is 5.82 Å². The zero-order chi connectivity index (χ0) is 13.2. The number of rotatable bonds is 4. The minimum absolute atomic E-state index is 0.358. The highest BCUT2D eigenvalue weighted by Gasteiger charge is 2.34. The Morgan fingerprint density at radius 3 is 2.78 bits per heavy atom. The van der Waals surface area contributed by atoms with Crippen molar-refractivity contribution < 1.29 is 0 Å². The van der Waals surface area contributed by atoms with Crippen molar-refractivity contribution in [3.05, 3.63) is 11.8 Å². The van der Waals surface area contributed by atoms with Crippen LogP contribution in [0.15, 0.2) is 6.07 Å². The van der Waals surface area contributed by atoms with Gasteiger partial charge in [-0.05, 0) is 32.1 Å². The van der Waals surface area contributed by atoms with E-state index in [4.69, 9.17) is 0 Å². The second kappa shape index (κ2) is 5.12. The average Bonchev–Trinajstić information content (AvgIpc) is 2.58. The van der Waals surface area contributed by atoms with Gasteiger partial charge in [0.25, 0.3) is 0 Å². The molecule has 1 atom stereocenters. The van der Waals surface area contributed by atoms with Crippen molar-refractivity contribution in [2.24, 2.45) is 5.41 Å². The van der Waals surface area contributed by atoms with E-state index in [-0.39, 0.29) is 0 Å². The molecule has 1 unspecified atom stereocenters. The Bertz CT molecular complexity index is 414. The molecule has 1 fully saturated rings. The monoisotopic (exact) mass is 248 g/mol. The standard InChI is InChI=1S/C14H24N4/c1-5-15-13-16-10(2)9-12(18-13)17-11-7-6-8-14(11,3)4/h9,11H,5-8H2,1-4H3,(H2,15,16,17,18). The molecule has 4 heteroatoms. The van der Waals surface area contributed by atoms with E-state index in [1.54, 1.807) is 0 Å². The van der Waals surface area contributed by atoms with Gasteiger partial charge in [0.15, 0.2) is 0 Å². The fourth-order valence-corrected chi connectivity index (χ4v) is 2.65. The topological polar surface area (TPSA) is 49.8 Å². The summed E-state index contributed by atoms with van der Waals surface area (Å²) in [6.45, 7) is 9.57. The van der Waals surface area contributed by atoms with Gasteiger partial charge in [-0.1, -0.05) is 20.3 Å². The van der Waals surface area contributed by atoms with Crippen molar-refractivity contribution in [3.63, 3.8) is 0 Å². The Hall–Kier alpha value is -1.32. The SMILES string of the molecule is CCNc1nc(C)cc(NC2CCCC2(C)C)n1. The van der Waals surface area contributed by atoms with Crippen molar-refractivity contribution in [1.82, 2.24) is 9.97 Å². The summed E-state index contributed by atoms with van der Waals surface area (Å²) in [5.41, 5.74) is 1.36. The normalized spacial score (nSPS) is 21.9. The summed E-state index contributed by atoms with van der Waals surface area (Å²) in [7, 11) is 0. The number of aromatic nitrogens is 2.